The number of rotatable bonds is 4. The Morgan fingerprint density at radius 3 is 2.57 bits per heavy atom. The summed E-state index contributed by atoms with van der Waals surface area (Å²) in [6.45, 7) is 2.75. The number of aromatic nitrogens is 1. The number of hydrogen-bond acceptors (Lipinski definition) is 6. The summed E-state index contributed by atoms with van der Waals surface area (Å²) < 4.78 is 31.6. The average molecular weight is 340 g/mol. The number of nitrogens with two attached hydrogens (primary N) is 1. The van der Waals surface area contributed by atoms with E-state index in [-0.39, 0.29) is 16.7 Å². The van der Waals surface area contributed by atoms with Crippen LogP contribution in [0.1, 0.15) is 6.42 Å². The first-order valence-corrected chi connectivity index (χ1v) is 9.01. The highest BCUT2D eigenvalue weighted by molar-refractivity contribution is 7.89. The lowest BCUT2D eigenvalue weighted by Gasteiger charge is -2.26. The van der Waals surface area contributed by atoms with Crippen molar-refractivity contribution in [2.45, 2.75) is 11.3 Å². The van der Waals surface area contributed by atoms with Crippen molar-refractivity contribution in [3.05, 3.63) is 18.3 Å². The van der Waals surface area contributed by atoms with Crippen LogP contribution in [0.2, 0.25) is 0 Å². The SMILES string of the molecule is NC(=O)C1CCN(c2ccc(S(=O)(=O)N3CCOCC3)cn2)C1. The fourth-order valence-corrected chi connectivity index (χ4v) is 4.20. The molecule has 2 saturated heterocycles. The smallest absolute Gasteiger partial charge is 0.244 e. The van der Waals surface area contributed by atoms with Gasteiger partial charge in [0.15, 0.2) is 0 Å². The summed E-state index contributed by atoms with van der Waals surface area (Å²) >= 11 is 0. The topological polar surface area (TPSA) is 106 Å². The van der Waals surface area contributed by atoms with Gasteiger partial charge in [0.05, 0.1) is 19.1 Å². The number of ether oxygens (including phenoxy) is 1. The molecule has 3 rings (SSSR count). The summed E-state index contributed by atoms with van der Waals surface area (Å²) in [7, 11) is -3.53. The van der Waals surface area contributed by atoms with Crippen molar-refractivity contribution >= 4 is 21.7 Å². The molecule has 1 unspecified atom stereocenters. The highest BCUT2D eigenvalue weighted by Gasteiger charge is 2.29. The van der Waals surface area contributed by atoms with E-state index in [1.54, 1.807) is 12.1 Å². The van der Waals surface area contributed by atoms with Crippen molar-refractivity contribution in [3.8, 4) is 0 Å². The Morgan fingerprint density at radius 1 is 1.26 bits per heavy atom. The number of primary amides is 1. The molecule has 2 aliphatic rings. The Morgan fingerprint density at radius 2 is 2.00 bits per heavy atom. The number of nitrogens with zero attached hydrogens (tertiary/aromatic N) is 3. The fraction of sp³-hybridized carbons (Fsp3) is 0.571. The van der Waals surface area contributed by atoms with Crippen LogP contribution in [0.5, 0.6) is 0 Å². The first-order valence-electron chi connectivity index (χ1n) is 7.57. The van der Waals surface area contributed by atoms with E-state index >= 15 is 0 Å². The minimum Gasteiger partial charge on any atom is -0.379 e. The van der Waals surface area contributed by atoms with Gasteiger partial charge in [-0.15, -0.1) is 0 Å². The van der Waals surface area contributed by atoms with Crippen LogP contribution in [0.3, 0.4) is 0 Å². The zero-order chi connectivity index (χ0) is 16.4. The van der Waals surface area contributed by atoms with Gasteiger partial charge in [-0.25, -0.2) is 13.4 Å². The van der Waals surface area contributed by atoms with E-state index in [0.29, 0.717) is 51.6 Å². The lowest BCUT2D eigenvalue weighted by atomic mass is 10.1. The second kappa shape index (κ2) is 6.42. The van der Waals surface area contributed by atoms with E-state index in [1.807, 2.05) is 4.90 Å². The molecule has 0 aromatic carbocycles. The zero-order valence-corrected chi connectivity index (χ0v) is 13.5. The molecule has 2 aliphatic heterocycles. The number of hydrogen-bond donors (Lipinski definition) is 1. The lowest BCUT2D eigenvalue weighted by Crippen LogP contribution is -2.40. The number of anilines is 1. The maximum atomic E-state index is 12.5. The third-order valence-electron chi connectivity index (χ3n) is 4.24. The third kappa shape index (κ3) is 3.31. The molecule has 1 amide bonds. The Labute approximate surface area is 135 Å². The molecule has 0 bridgehead atoms. The highest BCUT2D eigenvalue weighted by atomic mass is 32.2. The van der Waals surface area contributed by atoms with E-state index < -0.39 is 10.0 Å². The molecule has 3 heterocycles. The maximum Gasteiger partial charge on any atom is 0.244 e. The van der Waals surface area contributed by atoms with Gasteiger partial charge in [-0.05, 0) is 18.6 Å². The molecule has 1 aromatic heterocycles. The van der Waals surface area contributed by atoms with Gasteiger partial charge in [0, 0.05) is 32.4 Å². The predicted octanol–water partition coefficient (Wildman–Crippen LogP) is -0.586. The van der Waals surface area contributed by atoms with Crippen molar-refractivity contribution in [1.82, 2.24) is 9.29 Å². The van der Waals surface area contributed by atoms with E-state index in [2.05, 4.69) is 4.98 Å². The molecule has 9 heteroatoms. The second-order valence-corrected chi connectivity index (χ2v) is 7.64. The van der Waals surface area contributed by atoms with Crippen molar-refractivity contribution in [2.24, 2.45) is 11.7 Å². The van der Waals surface area contributed by atoms with Gasteiger partial charge in [0.25, 0.3) is 0 Å². The Bertz CT molecular complexity index is 671. The van der Waals surface area contributed by atoms with Crippen molar-refractivity contribution < 1.29 is 17.9 Å². The van der Waals surface area contributed by atoms with Crippen molar-refractivity contribution in [3.63, 3.8) is 0 Å². The summed E-state index contributed by atoms with van der Waals surface area (Å²) in [5.41, 5.74) is 5.32. The summed E-state index contributed by atoms with van der Waals surface area (Å²) in [5, 5.41) is 0. The summed E-state index contributed by atoms with van der Waals surface area (Å²) in [4.78, 5) is 17.6. The lowest BCUT2D eigenvalue weighted by molar-refractivity contribution is -0.121. The van der Waals surface area contributed by atoms with Gasteiger partial charge < -0.3 is 15.4 Å². The second-order valence-electron chi connectivity index (χ2n) is 5.70. The molecular formula is C14H20N4O4S. The Balaban J connectivity index is 1.73. The monoisotopic (exact) mass is 340 g/mol. The third-order valence-corrected chi connectivity index (χ3v) is 6.13. The first-order chi connectivity index (χ1) is 11.0. The van der Waals surface area contributed by atoms with E-state index in [9.17, 15) is 13.2 Å². The van der Waals surface area contributed by atoms with E-state index in [1.165, 1.54) is 10.5 Å². The molecule has 1 atom stereocenters. The first kappa shape index (κ1) is 16.2. The average Bonchev–Trinajstić information content (AvgIpc) is 3.06. The zero-order valence-electron chi connectivity index (χ0n) is 12.7. The molecular weight excluding hydrogens is 320 g/mol. The highest BCUT2D eigenvalue weighted by Crippen LogP contribution is 2.24. The number of pyridine rings is 1. The van der Waals surface area contributed by atoms with E-state index in [0.717, 1.165) is 0 Å². The molecule has 0 saturated carbocycles. The van der Waals surface area contributed by atoms with Crippen LogP contribution < -0.4 is 10.6 Å². The molecule has 2 fully saturated rings. The quantitative estimate of drug-likeness (QED) is 0.786. The van der Waals surface area contributed by atoms with Gasteiger partial charge in [-0.3, -0.25) is 4.79 Å². The van der Waals surface area contributed by atoms with E-state index in [4.69, 9.17) is 10.5 Å². The van der Waals surface area contributed by atoms with Gasteiger partial charge in [-0.2, -0.15) is 4.31 Å². The maximum absolute atomic E-state index is 12.5. The number of carbonyl (C=O) groups excluding carboxylic acids is 1. The summed E-state index contributed by atoms with van der Waals surface area (Å²) in [6, 6.07) is 3.24. The van der Waals surface area contributed by atoms with Gasteiger partial charge >= 0.3 is 0 Å². The molecule has 126 valence electrons. The fourth-order valence-electron chi connectivity index (χ4n) is 2.85. The number of amides is 1. The molecule has 8 nitrogen and oxygen atoms in total. The van der Waals surface area contributed by atoms with Crippen LogP contribution in [0.25, 0.3) is 0 Å². The molecule has 1 aromatic rings. The van der Waals surface area contributed by atoms with Gasteiger partial charge in [0.1, 0.15) is 10.7 Å². The summed E-state index contributed by atoms with van der Waals surface area (Å²) in [5.74, 6) is 0.183. The number of morpholine rings is 1. The molecule has 0 spiro atoms. The molecule has 0 aliphatic carbocycles. The minimum atomic E-state index is -3.53. The normalized spacial score (nSPS) is 23.1. The van der Waals surface area contributed by atoms with Crippen LogP contribution in [0, 0.1) is 5.92 Å². The number of carbonyl (C=O) groups is 1. The van der Waals surface area contributed by atoms with Gasteiger partial charge in [-0.1, -0.05) is 0 Å². The van der Waals surface area contributed by atoms with Crippen LogP contribution >= 0.6 is 0 Å². The standard InChI is InChI=1S/C14H20N4O4S/c15-14(19)11-3-4-17(10-11)13-2-1-12(9-16-13)23(20,21)18-5-7-22-8-6-18/h1-2,9,11H,3-8,10H2,(H2,15,19). The molecule has 2 N–H and O–H groups in total. The Hall–Kier alpha value is -1.71. The predicted molar refractivity (Wildman–Crippen MR) is 83.3 cm³/mol. The number of sulfonamides is 1. The largest absolute Gasteiger partial charge is 0.379 e. The van der Waals surface area contributed by atoms with Crippen molar-refractivity contribution in [2.75, 3.05) is 44.3 Å². The minimum absolute atomic E-state index is 0.173. The van der Waals surface area contributed by atoms with Crippen LogP contribution in [-0.4, -0.2) is 63.0 Å². The molecule has 23 heavy (non-hydrogen) atoms. The van der Waals surface area contributed by atoms with Crippen molar-refractivity contribution in [1.29, 1.82) is 0 Å². The summed E-state index contributed by atoms with van der Waals surface area (Å²) in [6.07, 6.45) is 2.07. The van der Waals surface area contributed by atoms with Crippen LogP contribution in [0.4, 0.5) is 5.82 Å². The van der Waals surface area contributed by atoms with Crippen LogP contribution in [-0.2, 0) is 19.6 Å². The van der Waals surface area contributed by atoms with Gasteiger partial charge in [0.2, 0.25) is 15.9 Å². The Kier molecular flexibility index (Phi) is 4.51. The van der Waals surface area contributed by atoms with Crippen LogP contribution in [0.15, 0.2) is 23.2 Å². The molecule has 0 radical (unpaired) electrons.